The number of aryl methyl sites for hydroxylation is 1. The van der Waals surface area contributed by atoms with Crippen LogP contribution >= 0.6 is 34.8 Å². The number of hydrogen-bond donors (Lipinski definition) is 1. The molecule has 0 bridgehead atoms. The van der Waals surface area contributed by atoms with E-state index in [9.17, 15) is 17.6 Å². The Kier molecular flexibility index (Phi) is 7.11. The summed E-state index contributed by atoms with van der Waals surface area (Å²) in [7, 11) is -4.17. The third-order valence-electron chi connectivity index (χ3n) is 4.30. The van der Waals surface area contributed by atoms with Gasteiger partial charge in [0.05, 0.1) is 25.7 Å². The minimum absolute atomic E-state index is 0.0162. The van der Waals surface area contributed by atoms with Gasteiger partial charge in [-0.05, 0) is 49.4 Å². The Labute approximate surface area is 194 Å². The number of rotatable bonds is 6. The fraction of sp³-hybridized carbons (Fsp3) is 0.0952. The molecule has 1 amide bonds. The van der Waals surface area contributed by atoms with Crippen molar-refractivity contribution in [3.8, 4) is 0 Å². The van der Waals surface area contributed by atoms with Crippen molar-refractivity contribution in [1.82, 2.24) is 0 Å². The molecule has 0 fully saturated rings. The highest BCUT2D eigenvalue weighted by Crippen LogP contribution is 2.35. The molecular weight excluding hydrogens is 486 g/mol. The van der Waals surface area contributed by atoms with E-state index in [4.69, 9.17) is 34.8 Å². The van der Waals surface area contributed by atoms with Crippen molar-refractivity contribution in [1.29, 1.82) is 0 Å². The quantitative estimate of drug-likeness (QED) is 0.455. The fourth-order valence-electron chi connectivity index (χ4n) is 2.73. The molecule has 162 valence electrons. The van der Waals surface area contributed by atoms with Gasteiger partial charge in [0.25, 0.3) is 10.0 Å². The van der Waals surface area contributed by atoms with Crippen molar-refractivity contribution in [3.63, 3.8) is 0 Å². The average Bonchev–Trinajstić information content (AvgIpc) is 2.71. The van der Waals surface area contributed by atoms with E-state index in [1.54, 1.807) is 12.1 Å². The topological polar surface area (TPSA) is 66.5 Å². The smallest absolute Gasteiger partial charge is 0.264 e. The van der Waals surface area contributed by atoms with Crippen LogP contribution in [-0.4, -0.2) is 20.9 Å². The van der Waals surface area contributed by atoms with Gasteiger partial charge in [0.1, 0.15) is 12.4 Å². The highest BCUT2D eigenvalue weighted by Gasteiger charge is 2.29. The molecule has 0 spiro atoms. The van der Waals surface area contributed by atoms with Crippen LogP contribution in [0.15, 0.2) is 65.6 Å². The summed E-state index contributed by atoms with van der Waals surface area (Å²) in [5.41, 5.74) is 1.13. The number of nitrogens with zero attached hydrogens (tertiary/aromatic N) is 1. The van der Waals surface area contributed by atoms with Crippen LogP contribution in [0.25, 0.3) is 0 Å². The largest absolute Gasteiger partial charge is 0.324 e. The lowest BCUT2D eigenvalue weighted by molar-refractivity contribution is -0.114. The summed E-state index contributed by atoms with van der Waals surface area (Å²) in [5.74, 6) is -1.33. The maximum atomic E-state index is 13.4. The highest BCUT2D eigenvalue weighted by atomic mass is 35.5. The van der Waals surface area contributed by atoms with Crippen molar-refractivity contribution in [2.24, 2.45) is 0 Å². The van der Waals surface area contributed by atoms with Crippen LogP contribution in [-0.2, 0) is 14.8 Å². The first kappa shape index (κ1) is 23.3. The van der Waals surface area contributed by atoms with Gasteiger partial charge in [0.15, 0.2) is 0 Å². The predicted molar refractivity (Wildman–Crippen MR) is 122 cm³/mol. The van der Waals surface area contributed by atoms with Crippen LogP contribution < -0.4 is 9.62 Å². The van der Waals surface area contributed by atoms with Crippen LogP contribution in [0.1, 0.15) is 5.56 Å². The molecule has 0 heterocycles. The zero-order valence-corrected chi connectivity index (χ0v) is 19.2. The summed E-state index contributed by atoms with van der Waals surface area (Å²) in [5, 5.41) is 2.44. The van der Waals surface area contributed by atoms with Crippen molar-refractivity contribution < 1.29 is 17.6 Å². The first-order chi connectivity index (χ1) is 14.6. The second kappa shape index (κ2) is 9.44. The van der Waals surface area contributed by atoms with Crippen LogP contribution in [0.2, 0.25) is 15.1 Å². The molecule has 0 radical (unpaired) electrons. The number of nitrogens with one attached hydrogen (secondary N) is 1. The zero-order valence-electron chi connectivity index (χ0n) is 16.1. The van der Waals surface area contributed by atoms with E-state index in [1.807, 2.05) is 6.92 Å². The number of halogens is 4. The maximum Gasteiger partial charge on any atom is 0.264 e. The van der Waals surface area contributed by atoms with Gasteiger partial charge >= 0.3 is 0 Å². The van der Waals surface area contributed by atoms with Crippen molar-refractivity contribution in [3.05, 3.63) is 87.1 Å². The maximum absolute atomic E-state index is 13.4. The second-order valence-corrected chi connectivity index (χ2v) is 9.63. The number of hydrogen-bond acceptors (Lipinski definition) is 3. The van der Waals surface area contributed by atoms with Gasteiger partial charge in [-0.25, -0.2) is 12.8 Å². The fourth-order valence-corrected chi connectivity index (χ4v) is 4.79. The molecule has 1 N–H and O–H groups in total. The lowest BCUT2D eigenvalue weighted by atomic mass is 10.2. The van der Waals surface area contributed by atoms with E-state index in [0.717, 1.165) is 15.9 Å². The van der Waals surface area contributed by atoms with Gasteiger partial charge < -0.3 is 5.32 Å². The molecule has 0 saturated carbocycles. The lowest BCUT2D eigenvalue weighted by Gasteiger charge is -2.25. The highest BCUT2D eigenvalue weighted by molar-refractivity contribution is 7.92. The first-order valence-corrected chi connectivity index (χ1v) is 11.5. The number of amides is 1. The predicted octanol–water partition coefficient (Wildman–Crippen LogP) is 5.93. The van der Waals surface area contributed by atoms with E-state index in [2.05, 4.69) is 5.32 Å². The van der Waals surface area contributed by atoms with Gasteiger partial charge in [0.2, 0.25) is 5.91 Å². The van der Waals surface area contributed by atoms with Crippen LogP contribution in [0.4, 0.5) is 15.8 Å². The van der Waals surface area contributed by atoms with Gasteiger partial charge in [-0.2, -0.15) is 0 Å². The molecule has 5 nitrogen and oxygen atoms in total. The van der Waals surface area contributed by atoms with Gasteiger partial charge in [-0.1, -0.05) is 58.6 Å². The SMILES string of the molecule is Cc1ccc(S(=O)(=O)N(CC(=O)Nc2ccc(F)c(Cl)c2)c2cccc(Cl)c2Cl)cc1. The third-order valence-corrected chi connectivity index (χ3v) is 7.17. The summed E-state index contributed by atoms with van der Waals surface area (Å²) < 4.78 is 41.0. The third kappa shape index (κ3) is 5.30. The van der Waals surface area contributed by atoms with E-state index >= 15 is 0 Å². The van der Waals surface area contributed by atoms with Gasteiger partial charge in [-0.15, -0.1) is 0 Å². The Bertz CT molecular complexity index is 1240. The Morgan fingerprint density at radius 3 is 2.32 bits per heavy atom. The number of sulfonamides is 1. The molecule has 0 aliphatic heterocycles. The van der Waals surface area contributed by atoms with Crippen molar-refractivity contribution in [2.75, 3.05) is 16.2 Å². The first-order valence-electron chi connectivity index (χ1n) is 8.88. The molecule has 0 aromatic heterocycles. The zero-order chi connectivity index (χ0) is 22.8. The van der Waals surface area contributed by atoms with E-state index in [-0.39, 0.29) is 31.3 Å². The molecular formula is C21H16Cl3FN2O3S. The summed E-state index contributed by atoms with van der Waals surface area (Å²) in [6.45, 7) is 1.22. The molecule has 0 aliphatic carbocycles. The van der Waals surface area contributed by atoms with Crippen LogP contribution in [0.3, 0.4) is 0 Å². The average molecular weight is 502 g/mol. The summed E-state index contributed by atoms with van der Waals surface area (Å²) in [4.78, 5) is 12.7. The minimum atomic E-state index is -4.17. The Morgan fingerprint density at radius 1 is 1.00 bits per heavy atom. The standard InChI is InChI=1S/C21H16Cl3FN2O3S/c1-13-5-8-15(9-6-13)31(29,30)27(19-4-2-3-16(22)21(19)24)12-20(28)26-14-7-10-18(25)17(23)11-14/h2-11H,12H2,1H3,(H,26,28). The molecule has 3 aromatic carbocycles. The van der Waals surface area contributed by atoms with E-state index in [0.29, 0.717) is 0 Å². The molecule has 31 heavy (non-hydrogen) atoms. The molecule has 3 rings (SSSR count). The molecule has 0 saturated heterocycles. The number of carbonyl (C=O) groups is 1. The van der Waals surface area contributed by atoms with Crippen molar-refractivity contribution >= 4 is 62.1 Å². The van der Waals surface area contributed by atoms with Crippen molar-refractivity contribution in [2.45, 2.75) is 11.8 Å². The van der Waals surface area contributed by atoms with Gasteiger partial charge in [0, 0.05) is 5.69 Å². The molecule has 0 atom stereocenters. The Hall–Kier alpha value is -2.32. The number of anilines is 2. The van der Waals surface area contributed by atoms with Crippen LogP contribution in [0.5, 0.6) is 0 Å². The lowest BCUT2D eigenvalue weighted by Crippen LogP contribution is -2.38. The molecule has 3 aromatic rings. The number of carbonyl (C=O) groups excluding carboxylic acids is 1. The second-order valence-electron chi connectivity index (χ2n) is 6.57. The molecule has 0 unspecified atom stereocenters. The normalized spacial score (nSPS) is 11.3. The number of benzene rings is 3. The Morgan fingerprint density at radius 2 is 1.68 bits per heavy atom. The Balaban J connectivity index is 1.99. The van der Waals surface area contributed by atoms with E-state index < -0.39 is 28.3 Å². The molecule has 0 aliphatic rings. The van der Waals surface area contributed by atoms with Gasteiger partial charge in [-0.3, -0.25) is 9.10 Å². The summed E-state index contributed by atoms with van der Waals surface area (Å²) in [6, 6.07) is 14.3. The summed E-state index contributed by atoms with van der Waals surface area (Å²) in [6.07, 6.45) is 0. The molecule has 10 heteroatoms. The summed E-state index contributed by atoms with van der Waals surface area (Å²) >= 11 is 18.1. The minimum Gasteiger partial charge on any atom is -0.324 e. The van der Waals surface area contributed by atoms with Crippen LogP contribution in [0, 0.1) is 12.7 Å². The monoisotopic (exact) mass is 500 g/mol. The van der Waals surface area contributed by atoms with E-state index in [1.165, 1.54) is 42.5 Å².